The predicted octanol–water partition coefficient (Wildman–Crippen LogP) is 3.00. The van der Waals surface area contributed by atoms with Gasteiger partial charge in [0.1, 0.15) is 0 Å². The van der Waals surface area contributed by atoms with E-state index in [1.165, 1.54) is 11.1 Å². The first-order valence-electron chi connectivity index (χ1n) is 7.15. The first-order valence-corrected chi connectivity index (χ1v) is 7.15. The van der Waals surface area contributed by atoms with Gasteiger partial charge in [-0.1, -0.05) is 12.1 Å². The largest absolute Gasteiger partial charge is 0.396 e. The Morgan fingerprint density at radius 1 is 1.30 bits per heavy atom. The van der Waals surface area contributed by atoms with Crippen LogP contribution in [0.3, 0.4) is 0 Å². The summed E-state index contributed by atoms with van der Waals surface area (Å²) in [5, 5.41) is 16.6. The molecule has 0 fully saturated rings. The van der Waals surface area contributed by atoms with E-state index in [4.69, 9.17) is 5.11 Å². The van der Waals surface area contributed by atoms with Crippen LogP contribution in [0.5, 0.6) is 0 Å². The first kappa shape index (κ1) is 14.6. The van der Waals surface area contributed by atoms with Gasteiger partial charge >= 0.3 is 0 Å². The first-order chi connectivity index (χ1) is 9.69. The highest BCUT2D eigenvalue weighted by Gasteiger charge is 2.02. The molecule has 0 aliphatic heterocycles. The van der Waals surface area contributed by atoms with Crippen LogP contribution in [0.25, 0.3) is 0 Å². The van der Waals surface area contributed by atoms with Gasteiger partial charge in [-0.25, -0.2) is 0 Å². The molecule has 1 aromatic heterocycles. The minimum atomic E-state index is 0.242. The molecule has 0 aliphatic carbocycles. The number of aromatic nitrogens is 2. The van der Waals surface area contributed by atoms with Gasteiger partial charge in [-0.3, -0.25) is 4.68 Å². The Labute approximate surface area is 120 Å². The summed E-state index contributed by atoms with van der Waals surface area (Å²) in [6, 6.07) is 8.74. The zero-order valence-electron chi connectivity index (χ0n) is 12.2. The zero-order chi connectivity index (χ0) is 14.4. The van der Waals surface area contributed by atoms with Crippen LogP contribution in [0.1, 0.15) is 37.4 Å². The molecule has 1 heterocycles. The summed E-state index contributed by atoms with van der Waals surface area (Å²) in [5.74, 6) is 0. The van der Waals surface area contributed by atoms with Crippen molar-refractivity contribution in [3.05, 3.63) is 47.8 Å². The van der Waals surface area contributed by atoms with Crippen molar-refractivity contribution in [2.45, 2.75) is 39.3 Å². The lowest BCUT2D eigenvalue weighted by Crippen LogP contribution is -2.01. The molecule has 0 unspecified atom stereocenters. The lowest BCUT2D eigenvalue weighted by molar-refractivity contribution is 0.288. The lowest BCUT2D eigenvalue weighted by atomic mass is 10.1. The van der Waals surface area contributed by atoms with Crippen LogP contribution in [0.2, 0.25) is 0 Å². The lowest BCUT2D eigenvalue weighted by Gasteiger charge is -2.07. The molecule has 2 rings (SSSR count). The van der Waals surface area contributed by atoms with Gasteiger partial charge in [0, 0.05) is 36.6 Å². The van der Waals surface area contributed by atoms with Crippen molar-refractivity contribution in [3.8, 4) is 0 Å². The molecule has 2 N–H and O–H groups in total. The third-order valence-electron chi connectivity index (χ3n) is 3.23. The summed E-state index contributed by atoms with van der Waals surface area (Å²) >= 11 is 0. The predicted molar refractivity (Wildman–Crippen MR) is 81.8 cm³/mol. The van der Waals surface area contributed by atoms with Gasteiger partial charge in [-0.2, -0.15) is 5.10 Å². The molecule has 2 aromatic rings. The molecule has 0 atom stereocenters. The maximum Gasteiger partial charge on any atom is 0.0539 e. The number of hydrogen-bond acceptors (Lipinski definition) is 3. The number of aryl methyl sites for hydroxylation is 1. The van der Waals surface area contributed by atoms with Crippen molar-refractivity contribution in [2.24, 2.45) is 0 Å². The normalized spacial score (nSPS) is 11.0. The average molecular weight is 273 g/mol. The van der Waals surface area contributed by atoms with Gasteiger partial charge in [0.2, 0.25) is 0 Å². The highest BCUT2D eigenvalue weighted by atomic mass is 16.2. The van der Waals surface area contributed by atoms with E-state index in [0.29, 0.717) is 6.04 Å². The fraction of sp³-hybridized carbons (Fsp3) is 0.438. The summed E-state index contributed by atoms with van der Waals surface area (Å²) < 4.78 is 1.97. The fourth-order valence-corrected chi connectivity index (χ4v) is 2.08. The topological polar surface area (TPSA) is 50.1 Å². The van der Waals surface area contributed by atoms with E-state index in [1.807, 2.05) is 16.9 Å². The van der Waals surface area contributed by atoms with Crippen molar-refractivity contribution in [3.63, 3.8) is 0 Å². The molecule has 4 nitrogen and oxygen atoms in total. The molecule has 0 spiro atoms. The monoisotopic (exact) mass is 273 g/mol. The minimum absolute atomic E-state index is 0.242. The number of rotatable bonds is 7. The van der Waals surface area contributed by atoms with Crippen molar-refractivity contribution in [1.29, 1.82) is 0 Å². The molecule has 0 radical (unpaired) electrons. The Kier molecular flexibility index (Phi) is 5.18. The Bertz CT molecular complexity index is 534. The number of nitrogens with one attached hydrogen (secondary N) is 1. The van der Waals surface area contributed by atoms with Crippen molar-refractivity contribution < 1.29 is 5.11 Å². The summed E-state index contributed by atoms with van der Waals surface area (Å²) in [7, 11) is 0. The van der Waals surface area contributed by atoms with E-state index in [1.54, 1.807) is 0 Å². The van der Waals surface area contributed by atoms with Crippen molar-refractivity contribution >= 4 is 5.69 Å². The maximum atomic E-state index is 8.87. The third-order valence-corrected chi connectivity index (χ3v) is 3.23. The second-order valence-electron chi connectivity index (χ2n) is 5.30. The highest BCUT2D eigenvalue weighted by Crippen LogP contribution is 2.14. The summed E-state index contributed by atoms with van der Waals surface area (Å²) in [6.07, 6.45) is 5.71. The number of aliphatic hydroxyl groups excluding tert-OH is 1. The van der Waals surface area contributed by atoms with Gasteiger partial charge in [-0.05, 0) is 44.4 Å². The Hall–Kier alpha value is -1.81. The molecule has 0 aliphatic rings. The Morgan fingerprint density at radius 2 is 2.15 bits per heavy atom. The van der Waals surface area contributed by atoms with Gasteiger partial charge in [0.25, 0.3) is 0 Å². The Balaban J connectivity index is 1.92. The number of benzene rings is 1. The molecule has 0 amide bonds. The van der Waals surface area contributed by atoms with E-state index in [-0.39, 0.29) is 6.61 Å². The molecule has 108 valence electrons. The maximum absolute atomic E-state index is 8.87. The standard InChI is InChI=1S/C16H23N3O/c1-13(2)19-12-15(11-18-19)10-17-16-7-3-5-14(9-16)6-4-8-20/h3,5,7,9,11-13,17,20H,4,6,8,10H2,1-2H3. The smallest absolute Gasteiger partial charge is 0.0539 e. The van der Waals surface area contributed by atoms with Crippen molar-refractivity contribution in [2.75, 3.05) is 11.9 Å². The van der Waals surface area contributed by atoms with Crippen LogP contribution in [0.4, 0.5) is 5.69 Å². The van der Waals surface area contributed by atoms with Crippen LogP contribution < -0.4 is 5.32 Å². The van der Waals surface area contributed by atoms with Gasteiger partial charge in [0.15, 0.2) is 0 Å². The van der Waals surface area contributed by atoms with Gasteiger partial charge < -0.3 is 10.4 Å². The summed E-state index contributed by atoms with van der Waals surface area (Å²) in [4.78, 5) is 0. The quantitative estimate of drug-likeness (QED) is 0.815. The second kappa shape index (κ2) is 7.10. The van der Waals surface area contributed by atoms with Crippen LogP contribution in [-0.2, 0) is 13.0 Å². The summed E-state index contributed by atoms with van der Waals surface area (Å²) in [5.41, 5.74) is 3.54. The van der Waals surface area contributed by atoms with Crippen molar-refractivity contribution in [1.82, 2.24) is 9.78 Å². The average Bonchev–Trinajstić information content (AvgIpc) is 2.92. The van der Waals surface area contributed by atoms with Crippen LogP contribution in [-0.4, -0.2) is 21.5 Å². The second-order valence-corrected chi connectivity index (χ2v) is 5.30. The van der Waals surface area contributed by atoms with Gasteiger partial charge in [-0.15, -0.1) is 0 Å². The molecule has 20 heavy (non-hydrogen) atoms. The zero-order valence-corrected chi connectivity index (χ0v) is 12.2. The molecule has 0 saturated carbocycles. The molecular formula is C16H23N3O. The van der Waals surface area contributed by atoms with E-state index >= 15 is 0 Å². The van der Waals surface area contributed by atoms with Crippen LogP contribution >= 0.6 is 0 Å². The highest BCUT2D eigenvalue weighted by molar-refractivity contribution is 5.46. The molecule has 1 aromatic carbocycles. The fourth-order valence-electron chi connectivity index (χ4n) is 2.08. The van der Waals surface area contributed by atoms with Crippen LogP contribution in [0, 0.1) is 0 Å². The molecule has 0 saturated heterocycles. The molecule has 4 heteroatoms. The van der Waals surface area contributed by atoms with E-state index in [9.17, 15) is 0 Å². The molecule has 0 bridgehead atoms. The number of anilines is 1. The Morgan fingerprint density at radius 3 is 2.85 bits per heavy atom. The number of hydrogen-bond donors (Lipinski definition) is 2. The molecular weight excluding hydrogens is 250 g/mol. The SMILES string of the molecule is CC(C)n1cc(CNc2cccc(CCCO)c2)cn1. The number of aliphatic hydroxyl groups is 1. The van der Waals surface area contributed by atoms with E-state index in [2.05, 4.69) is 48.7 Å². The minimum Gasteiger partial charge on any atom is -0.396 e. The van der Waals surface area contributed by atoms with E-state index in [0.717, 1.165) is 25.1 Å². The van der Waals surface area contributed by atoms with E-state index < -0.39 is 0 Å². The number of nitrogens with zero attached hydrogens (tertiary/aromatic N) is 2. The van der Waals surface area contributed by atoms with Gasteiger partial charge in [0.05, 0.1) is 6.20 Å². The third kappa shape index (κ3) is 4.10. The van der Waals surface area contributed by atoms with Crippen LogP contribution in [0.15, 0.2) is 36.7 Å². The summed E-state index contributed by atoms with van der Waals surface area (Å²) in [6.45, 7) is 5.26.